The van der Waals surface area contributed by atoms with Crippen LogP contribution >= 0.6 is 0 Å². The molecule has 0 aromatic heterocycles. The van der Waals surface area contributed by atoms with Gasteiger partial charge in [0.05, 0.1) is 26.2 Å². The van der Waals surface area contributed by atoms with Crippen LogP contribution in [0.1, 0.15) is 79.1 Å². The molecule has 0 fully saturated rings. The van der Waals surface area contributed by atoms with Gasteiger partial charge in [-0.3, -0.25) is 0 Å². The Labute approximate surface area is 233 Å². The van der Waals surface area contributed by atoms with Crippen molar-refractivity contribution in [1.29, 1.82) is 0 Å². The lowest BCUT2D eigenvalue weighted by Crippen LogP contribution is -2.73. The summed E-state index contributed by atoms with van der Waals surface area (Å²) < 4.78 is 210. The monoisotopic (exact) mass is 662 g/mol. The Balaban J connectivity index is 0. The molecule has 1 nitrogen and oxygen atoms in total. The van der Waals surface area contributed by atoms with Gasteiger partial charge in [-0.1, -0.05) is 53.4 Å². The van der Waals surface area contributed by atoms with E-state index in [4.69, 9.17) is 0 Å². The quantitative estimate of drug-likeness (QED) is 0.101. The van der Waals surface area contributed by atoms with Crippen LogP contribution in [0.2, 0.25) is 0 Å². The normalized spacial score (nSPS) is 14.7. The van der Waals surface area contributed by atoms with Crippen LogP contribution in [0.5, 0.6) is 0 Å². The first-order valence-electron chi connectivity index (χ1n) is 13.2. The van der Waals surface area contributed by atoms with E-state index in [1.807, 2.05) is 0 Å². The molecule has 0 N–H and O–H groups in total. The second-order valence-electron chi connectivity index (χ2n) is 9.94. The van der Waals surface area contributed by atoms with Crippen LogP contribution in [-0.4, -0.2) is 78.8 Å². The summed E-state index contributed by atoms with van der Waals surface area (Å²) in [5, 5.41) is 0. The molecule has 0 unspecified atom stereocenters. The molecule has 0 saturated carbocycles. The minimum absolute atomic E-state index is 1.35. The number of halogens is 17. The molecule has 0 heterocycles. The predicted octanol–water partition coefficient (Wildman–Crippen LogP) is 10.6. The summed E-state index contributed by atoms with van der Waals surface area (Å²) in [6.45, 7) is 15.0. The van der Waals surface area contributed by atoms with Crippen LogP contribution in [0.4, 0.5) is 74.6 Å². The molecule has 0 saturated heterocycles. The van der Waals surface area contributed by atoms with Gasteiger partial charge in [0.1, 0.15) is 0 Å². The highest BCUT2D eigenvalue weighted by Crippen LogP contribution is 2.62. The third kappa shape index (κ3) is 8.91. The fourth-order valence-electron chi connectivity index (χ4n) is 3.76. The maximum Gasteiger partial charge on any atom is 0.460 e. The number of rotatable bonds is 18. The molecule has 42 heavy (non-hydrogen) atoms. The average molecular weight is 663 g/mol. The highest BCUT2D eigenvalue weighted by Gasteiger charge is 2.94. The maximum absolute atomic E-state index is 12.8. The first-order valence-corrected chi connectivity index (χ1v) is 13.2. The smallest absolute Gasteiger partial charge is 0.324 e. The molecule has 0 atom stereocenters. The number of unbranched alkanes of at least 4 members (excludes halogenated alkanes) is 4. The van der Waals surface area contributed by atoms with E-state index in [0.29, 0.717) is 0 Å². The van der Waals surface area contributed by atoms with E-state index in [1.54, 1.807) is 0 Å². The Kier molecular flexibility index (Phi) is 16.0. The fraction of sp³-hybridized carbons (Fsp3) is 1.00. The van der Waals surface area contributed by atoms with E-state index >= 15 is 0 Å². The van der Waals surface area contributed by atoms with Crippen molar-refractivity contribution in [2.24, 2.45) is 0 Å². The summed E-state index contributed by atoms with van der Waals surface area (Å²) in [5.74, 6) is -49.2. The van der Waals surface area contributed by atoms with Gasteiger partial charge in [-0.25, -0.2) is 8.78 Å². The summed E-state index contributed by atoms with van der Waals surface area (Å²) in [4.78, 5) is 0. The second-order valence-corrected chi connectivity index (χ2v) is 9.94. The molecular formula is C24H37F17N+. The molecule has 0 radical (unpaired) electrons. The third-order valence-electron chi connectivity index (χ3n) is 6.57. The molecule has 0 aromatic carbocycles. The standard InChI is InChI=1S/C16H36N.C8HF17/c1-5-9-13-17(14-10-6-2,15-11-7-3)16-12-8-4;9-1(10)2(11,12)3(13,14)4(15,16)5(17,18)6(19,20)7(21,22)8(23,24)25/h5-16H2,1-4H3;1H/q+1;. The summed E-state index contributed by atoms with van der Waals surface area (Å²) in [5.41, 5.74) is 0. The molecule has 0 spiro atoms. The summed E-state index contributed by atoms with van der Waals surface area (Å²) in [7, 11) is 0. The van der Waals surface area contributed by atoms with Gasteiger partial charge in [-0.15, -0.1) is 0 Å². The molecule has 0 aromatic rings. The molecule has 0 bridgehead atoms. The van der Waals surface area contributed by atoms with Gasteiger partial charge in [0.25, 0.3) is 0 Å². The predicted molar refractivity (Wildman–Crippen MR) is 121 cm³/mol. The van der Waals surface area contributed by atoms with Crippen LogP contribution in [0, 0.1) is 0 Å². The zero-order valence-electron chi connectivity index (χ0n) is 23.4. The highest BCUT2D eigenvalue weighted by atomic mass is 19.4. The Bertz CT molecular complexity index is 725. The van der Waals surface area contributed by atoms with Crippen LogP contribution < -0.4 is 0 Å². The maximum atomic E-state index is 12.8. The van der Waals surface area contributed by atoms with Crippen molar-refractivity contribution >= 4 is 0 Å². The first kappa shape index (κ1) is 42.9. The summed E-state index contributed by atoms with van der Waals surface area (Å²) in [6, 6.07) is 0. The van der Waals surface area contributed by atoms with Gasteiger partial charge >= 0.3 is 48.1 Å². The molecule has 0 amide bonds. The van der Waals surface area contributed by atoms with Crippen LogP contribution in [0.3, 0.4) is 0 Å². The van der Waals surface area contributed by atoms with E-state index in [2.05, 4.69) is 27.7 Å². The minimum Gasteiger partial charge on any atom is -0.324 e. The van der Waals surface area contributed by atoms with E-state index in [0.717, 1.165) is 0 Å². The van der Waals surface area contributed by atoms with E-state index in [-0.39, 0.29) is 0 Å². The van der Waals surface area contributed by atoms with Gasteiger partial charge in [0.15, 0.2) is 0 Å². The van der Waals surface area contributed by atoms with Crippen molar-refractivity contribution in [3.05, 3.63) is 0 Å². The summed E-state index contributed by atoms with van der Waals surface area (Å²) >= 11 is 0. The molecule has 0 aliphatic carbocycles. The van der Waals surface area contributed by atoms with Gasteiger partial charge in [-0.2, -0.15) is 65.9 Å². The van der Waals surface area contributed by atoms with Gasteiger partial charge in [0.2, 0.25) is 0 Å². The Morgan fingerprint density at radius 1 is 0.405 bits per heavy atom. The van der Waals surface area contributed by atoms with Crippen molar-refractivity contribution in [3.63, 3.8) is 0 Å². The number of quaternary nitrogens is 1. The van der Waals surface area contributed by atoms with Crippen molar-refractivity contribution in [2.75, 3.05) is 26.2 Å². The number of hydrogen-bond acceptors (Lipinski definition) is 0. The van der Waals surface area contributed by atoms with E-state index in [1.165, 1.54) is 82.0 Å². The fourth-order valence-corrected chi connectivity index (χ4v) is 3.76. The lowest BCUT2D eigenvalue weighted by Gasteiger charge is -2.41. The largest absolute Gasteiger partial charge is 0.460 e. The minimum atomic E-state index is -8.54. The molecule has 256 valence electrons. The lowest BCUT2D eigenvalue weighted by molar-refractivity contribution is -0.929. The molecule has 0 aliphatic heterocycles. The Hall–Kier alpha value is -1.23. The third-order valence-corrected chi connectivity index (χ3v) is 6.57. The number of hydrogen-bond donors (Lipinski definition) is 0. The molecule has 0 rings (SSSR count). The SMILES string of the molecule is CCCC[N+](CCCC)(CCCC)CCCC.FC(F)C(F)(F)C(F)(F)C(F)(F)C(F)(F)C(F)(F)C(F)(F)C(F)(F)F. The van der Waals surface area contributed by atoms with Crippen molar-refractivity contribution in [3.8, 4) is 0 Å². The van der Waals surface area contributed by atoms with Gasteiger partial charge in [-0.05, 0) is 25.7 Å². The zero-order chi connectivity index (χ0) is 34.1. The topological polar surface area (TPSA) is 0 Å². The molecule has 0 aliphatic rings. The molecule has 18 heteroatoms. The van der Waals surface area contributed by atoms with Crippen molar-refractivity contribution in [2.45, 2.75) is 127 Å². The number of nitrogens with zero attached hydrogens (tertiary/aromatic N) is 1. The van der Waals surface area contributed by atoms with Gasteiger partial charge in [0, 0.05) is 0 Å². The number of alkyl halides is 17. The van der Waals surface area contributed by atoms with Crippen molar-refractivity contribution < 1.29 is 79.1 Å². The lowest BCUT2D eigenvalue weighted by atomic mass is 9.91. The summed E-state index contributed by atoms with van der Waals surface area (Å²) in [6.07, 6.45) is -2.57. The Morgan fingerprint density at radius 3 is 0.857 bits per heavy atom. The zero-order valence-corrected chi connectivity index (χ0v) is 23.4. The van der Waals surface area contributed by atoms with Crippen LogP contribution in [0.25, 0.3) is 0 Å². The second kappa shape index (κ2) is 15.7. The van der Waals surface area contributed by atoms with Crippen LogP contribution in [0.15, 0.2) is 0 Å². The van der Waals surface area contributed by atoms with E-state index in [9.17, 15) is 74.6 Å². The Morgan fingerprint density at radius 2 is 0.643 bits per heavy atom. The average Bonchev–Trinajstić information content (AvgIpc) is 2.86. The first-order chi connectivity index (χ1) is 18.7. The van der Waals surface area contributed by atoms with Gasteiger partial charge < -0.3 is 4.48 Å². The van der Waals surface area contributed by atoms with E-state index < -0.39 is 48.1 Å². The van der Waals surface area contributed by atoms with Crippen molar-refractivity contribution in [1.82, 2.24) is 0 Å². The highest BCUT2D eigenvalue weighted by molar-refractivity contribution is 5.13. The van der Waals surface area contributed by atoms with Crippen LogP contribution in [-0.2, 0) is 0 Å². The molecular weight excluding hydrogens is 625 g/mol.